The van der Waals surface area contributed by atoms with Gasteiger partial charge < -0.3 is 19.6 Å². The lowest BCUT2D eigenvalue weighted by atomic mass is 9.76. The predicted octanol–water partition coefficient (Wildman–Crippen LogP) is 1.13. The Balaban J connectivity index is 0.000000755. The van der Waals surface area contributed by atoms with E-state index in [0.29, 0.717) is 31.5 Å². The number of piperidine rings is 1. The van der Waals surface area contributed by atoms with E-state index in [1.807, 2.05) is 36.0 Å². The quantitative estimate of drug-likeness (QED) is 0.606. The number of pyridine rings is 1. The number of carbonyl (C=O) groups excluding carboxylic acids is 2. The minimum absolute atomic E-state index is 0.0137. The van der Waals surface area contributed by atoms with Crippen LogP contribution in [0.3, 0.4) is 0 Å². The number of aromatic nitrogens is 2. The van der Waals surface area contributed by atoms with Gasteiger partial charge in [-0.25, -0.2) is 4.52 Å². The van der Waals surface area contributed by atoms with Crippen LogP contribution in [0.5, 0.6) is 0 Å². The molecule has 4 rings (SSSR count). The van der Waals surface area contributed by atoms with Crippen molar-refractivity contribution in [1.29, 1.82) is 0 Å². The highest BCUT2D eigenvalue weighted by Gasteiger charge is 2.50. The molecule has 2 fully saturated rings. The minimum atomic E-state index is -0.410. The van der Waals surface area contributed by atoms with Crippen molar-refractivity contribution < 1.29 is 24.2 Å². The second kappa shape index (κ2) is 8.60. The number of amides is 1. The van der Waals surface area contributed by atoms with Crippen molar-refractivity contribution in [3.63, 3.8) is 0 Å². The zero-order valence-electron chi connectivity index (χ0n) is 16.7. The number of likely N-dealkylation sites (tertiary alicyclic amines) is 1. The lowest BCUT2D eigenvalue weighted by Gasteiger charge is -2.36. The predicted molar refractivity (Wildman–Crippen MR) is 105 cm³/mol. The van der Waals surface area contributed by atoms with Gasteiger partial charge in [0.2, 0.25) is 0 Å². The van der Waals surface area contributed by atoms with Crippen molar-refractivity contribution in [2.24, 2.45) is 5.41 Å². The molecular weight excluding hydrogens is 376 g/mol. The van der Waals surface area contributed by atoms with E-state index in [1.165, 1.54) is 0 Å². The van der Waals surface area contributed by atoms with Gasteiger partial charge in [-0.2, -0.15) is 5.10 Å². The first kappa shape index (κ1) is 20.8. The Hall–Kier alpha value is -2.94. The van der Waals surface area contributed by atoms with Gasteiger partial charge in [-0.05, 0) is 45.1 Å². The molecule has 1 amide bonds. The van der Waals surface area contributed by atoms with Crippen molar-refractivity contribution in [2.45, 2.75) is 25.4 Å². The summed E-state index contributed by atoms with van der Waals surface area (Å²) in [7, 11) is 3.97. The van der Waals surface area contributed by atoms with E-state index in [-0.39, 0.29) is 24.5 Å². The molecule has 156 valence electrons. The Kier molecular flexibility index (Phi) is 6.17. The molecule has 1 atom stereocenters. The van der Waals surface area contributed by atoms with E-state index in [2.05, 4.69) is 5.10 Å². The van der Waals surface area contributed by atoms with Crippen LogP contribution in [-0.4, -0.2) is 82.7 Å². The lowest BCUT2D eigenvalue weighted by Crippen LogP contribution is -2.45. The average molecular weight is 402 g/mol. The monoisotopic (exact) mass is 402 g/mol. The summed E-state index contributed by atoms with van der Waals surface area (Å²) in [6, 6.07) is 5.53. The molecule has 4 heterocycles. The van der Waals surface area contributed by atoms with Crippen molar-refractivity contribution in [3.05, 3.63) is 36.2 Å². The van der Waals surface area contributed by atoms with Gasteiger partial charge >= 0.3 is 5.97 Å². The Bertz CT molecular complexity index is 886. The van der Waals surface area contributed by atoms with Crippen molar-refractivity contribution in [2.75, 3.05) is 33.7 Å². The van der Waals surface area contributed by atoms with Crippen LogP contribution in [-0.2, 0) is 14.3 Å². The van der Waals surface area contributed by atoms with Crippen molar-refractivity contribution >= 4 is 23.9 Å². The summed E-state index contributed by atoms with van der Waals surface area (Å²) in [6.07, 6.45) is 5.59. The van der Waals surface area contributed by atoms with Crippen LogP contribution in [0.15, 0.2) is 30.6 Å². The first-order chi connectivity index (χ1) is 13.9. The third-order valence-corrected chi connectivity index (χ3v) is 5.55. The number of hydrogen-bond donors (Lipinski definition) is 1. The fourth-order valence-corrected chi connectivity index (χ4v) is 4.13. The van der Waals surface area contributed by atoms with Gasteiger partial charge in [-0.3, -0.25) is 14.4 Å². The molecule has 0 bridgehead atoms. The molecule has 9 nitrogen and oxygen atoms in total. The maximum Gasteiger partial charge on any atom is 0.312 e. The molecule has 1 spiro atoms. The number of carbonyl (C=O) groups is 3. The van der Waals surface area contributed by atoms with E-state index < -0.39 is 5.41 Å². The molecule has 9 heteroatoms. The van der Waals surface area contributed by atoms with Gasteiger partial charge in [0.1, 0.15) is 6.10 Å². The Morgan fingerprint density at radius 2 is 2.07 bits per heavy atom. The van der Waals surface area contributed by atoms with Crippen LogP contribution < -0.4 is 0 Å². The second-order valence-electron chi connectivity index (χ2n) is 7.79. The van der Waals surface area contributed by atoms with Crippen molar-refractivity contribution in [1.82, 2.24) is 19.4 Å². The summed E-state index contributed by atoms with van der Waals surface area (Å²) in [6.45, 7) is 1.68. The Labute approximate surface area is 168 Å². The molecule has 29 heavy (non-hydrogen) atoms. The highest BCUT2D eigenvalue weighted by Crippen LogP contribution is 2.43. The van der Waals surface area contributed by atoms with E-state index in [0.717, 1.165) is 18.5 Å². The number of fused-ring (bicyclic) bond motifs is 1. The van der Waals surface area contributed by atoms with Crippen LogP contribution in [0.2, 0.25) is 0 Å². The smallest absolute Gasteiger partial charge is 0.312 e. The zero-order chi connectivity index (χ0) is 21.0. The molecule has 1 unspecified atom stereocenters. The summed E-state index contributed by atoms with van der Waals surface area (Å²) in [5, 5.41) is 11.0. The molecule has 2 aliphatic rings. The fraction of sp³-hybridized carbons (Fsp3) is 0.500. The molecule has 2 aromatic rings. The summed E-state index contributed by atoms with van der Waals surface area (Å²) in [5.74, 6) is -0.0723. The zero-order valence-corrected chi connectivity index (χ0v) is 16.7. The van der Waals surface area contributed by atoms with E-state index >= 15 is 0 Å². The molecule has 0 aromatic carbocycles. The maximum absolute atomic E-state index is 12.8. The van der Waals surface area contributed by atoms with Gasteiger partial charge in [0, 0.05) is 44.0 Å². The first-order valence-electron chi connectivity index (χ1n) is 9.55. The van der Waals surface area contributed by atoms with Gasteiger partial charge in [0.05, 0.1) is 10.9 Å². The number of esters is 1. The van der Waals surface area contributed by atoms with Gasteiger partial charge in [0.15, 0.2) is 0 Å². The topological polar surface area (TPSA) is 104 Å². The normalized spacial score (nSPS) is 20.4. The van der Waals surface area contributed by atoms with Crippen LogP contribution in [0.4, 0.5) is 0 Å². The molecule has 2 aromatic heterocycles. The van der Waals surface area contributed by atoms with Crippen LogP contribution in [0.1, 0.15) is 29.6 Å². The molecule has 2 saturated heterocycles. The van der Waals surface area contributed by atoms with Crippen LogP contribution in [0.25, 0.3) is 5.52 Å². The number of hydrogen-bond acceptors (Lipinski definition) is 6. The number of ether oxygens (including phenoxy) is 1. The summed E-state index contributed by atoms with van der Waals surface area (Å²) in [5.41, 5.74) is 1.15. The SMILES string of the molecule is CN(C)CC1CC2(CCN(C(=O)c3ccn4nccc4c3)CC2)C(=O)O1.O=CO. The maximum atomic E-state index is 12.8. The van der Waals surface area contributed by atoms with Crippen LogP contribution >= 0.6 is 0 Å². The van der Waals surface area contributed by atoms with Gasteiger partial charge in [-0.15, -0.1) is 0 Å². The third kappa shape index (κ3) is 4.40. The number of rotatable bonds is 3. The third-order valence-electron chi connectivity index (χ3n) is 5.55. The minimum Gasteiger partial charge on any atom is -0.483 e. The molecule has 2 aliphatic heterocycles. The Morgan fingerprint density at radius 3 is 2.72 bits per heavy atom. The highest BCUT2D eigenvalue weighted by atomic mass is 16.6. The number of nitrogens with zero attached hydrogens (tertiary/aromatic N) is 4. The first-order valence-corrected chi connectivity index (χ1v) is 9.55. The number of likely N-dealkylation sites (N-methyl/N-ethyl adjacent to an activating group) is 1. The van der Waals surface area contributed by atoms with Crippen molar-refractivity contribution in [3.8, 4) is 0 Å². The molecular formula is C20H26N4O5. The van der Waals surface area contributed by atoms with Crippen LogP contribution in [0, 0.1) is 5.41 Å². The van der Waals surface area contributed by atoms with E-state index in [4.69, 9.17) is 14.6 Å². The molecule has 0 aliphatic carbocycles. The molecule has 0 radical (unpaired) electrons. The standard InChI is InChI=1S/C19H24N4O3.CH2O2/c1-21(2)13-16-12-19(18(25)26-16)5-9-22(10-6-19)17(24)14-4-8-23-15(11-14)3-7-20-23;2-1-3/h3-4,7-8,11,16H,5-6,9-10,12-13H2,1-2H3;1H,(H,2,3). The van der Waals surface area contributed by atoms with Gasteiger partial charge in [0.25, 0.3) is 12.4 Å². The fourth-order valence-electron chi connectivity index (χ4n) is 4.13. The van der Waals surface area contributed by atoms with E-state index in [1.54, 1.807) is 23.0 Å². The second-order valence-corrected chi connectivity index (χ2v) is 7.79. The summed E-state index contributed by atoms with van der Waals surface area (Å²) < 4.78 is 7.33. The summed E-state index contributed by atoms with van der Waals surface area (Å²) in [4.78, 5) is 37.5. The highest BCUT2D eigenvalue weighted by molar-refractivity contribution is 5.95. The summed E-state index contributed by atoms with van der Waals surface area (Å²) >= 11 is 0. The molecule has 1 N–H and O–H groups in total. The largest absolute Gasteiger partial charge is 0.483 e. The lowest BCUT2D eigenvalue weighted by molar-refractivity contribution is -0.150. The molecule has 0 saturated carbocycles. The van der Waals surface area contributed by atoms with E-state index in [9.17, 15) is 9.59 Å². The van der Waals surface area contributed by atoms with Gasteiger partial charge in [-0.1, -0.05) is 0 Å². The number of carboxylic acid groups (broad SMARTS) is 1. The Morgan fingerprint density at radius 1 is 1.38 bits per heavy atom. The average Bonchev–Trinajstić information content (AvgIpc) is 3.26. The number of cyclic esters (lactones) is 1.